The lowest BCUT2D eigenvalue weighted by Gasteiger charge is -2.20. The summed E-state index contributed by atoms with van der Waals surface area (Å²) in [5, 5.41) is 9.38. The standard InChI is InChI=1S/C27H32N5S/c1-6-31(7-2)21-15-13-20(14-16-21)29-30-26-28-19-22(33-26)17-18-25-27(4,5)23-11-9-10-12-24(23)32(25)8-3/h9-19H,6-8H2,1-5H3/q+1. The van der Waals surface area contributed by atoms with Gasteiger partial charge in [0.25, 0.3) is 0 Å². The highest BCUT2D eigenvalue weighted by Crippen LogP contribution is 2.40. The van der Waals surface area contributed by atoms with Crippen molar-refractivity contribution in [3.8, 4) is 0 Å². The van der Waals surface area contributed by atoms with Gasteiger partial charge in [-0.25, -0.2) is 4.98 Å². The number of fused-ring (bicyclic) bond motifs is 1. The van der Waals surface area contributed by atoms with Crippen molar-refractivity contribution in [2.45, 2.75) is 40.0 Å². The van der Waals surface area contributed by atoms with E-state index in [1.165, 1.54) is 22.6 Å². The van der Waals surface area contributed by atoms with Gasteiger partial charge in [0.05, 0.1) is 11.1 Å². The molecule has 0 saturated carbocycles. The Balaban J connectivity index is 1.49. The molecule has 0 bridgehead atoms. The van der Waals surface area contributed by atoms with Crippen molar-refractivity contribution in [2.24, 2.45) is 10.2 Å². The predicted molar refractivity (Wildman–Crippen MR) is 140 cm³/mol. The zero-order chi connectivity index (χ0) is 23.4. The monoisotopic (exact) mass is 458 g/mol. The van der Waals surface area contributed by atoms with Crippen LogP contribution in [-0.2, 0) is 5.41 Å². The summed E-state index contributed by atoms with van der Waals surface area (Å²) >= 11 is 1.55. The number of thiazole rings is 1. The first-order chi connectivity index (χ1) is 16.0. The zero-order valence-corrected chi connectivity index (χ0v) is 20.9. The third-order valence-electron chi connectivity index (χ3n) is 6.26. The maximum atomic E-state index is 4.44. The summed E-state index contributed by atoms with van der Waals surface area (Å²) in [6.45, 7) is 14.0. The first kappa shape index (κ1) is 23.1. The highest BCUT2D eigenvalue weighted by atomic mass is 32.1. The smallest absolute Gasteiger partial charge is 0.230 e. The molecule has 3 aromatic rings. The fourth-order valence-corrected chi connectivity index (χ4v) is 5.10. The Hall–Kier alpha value is -3.12. The highest BCUT2D eigenvalue weighted by Gasteiger charge is 2.43. The van der Waals surface area contributed by atoms with E-state index in [2.05, 4.69) is 108 Å². The van der Waals surface area contributed by atoms with Gasteiger partial charge in [0, 0.05) is 47.6 Å². The molecule has 5 nitrogen and oxygen atoms in total. The molecule has 0 saturated heterocycles. The number of azo groups is 1. The SMILES string of the molecule is CCN(CC)c1ccc(N=Nc2ncc(/C=C/C3=[N+](CC)c4ccccc4C3(C)C)s2)cc1. The van der Waals surface area contributed by atoms with E-state index in [0.29, 0.717) is 5.13 Å². The van der Waals surface area contributed by atoms with Gasteiger partial charge in [0.1, 0.15) is 6.54 Å². The Morgan fingerprint density at radius 2 is 1.70 bits per heavy atom. The molecule has 4 rings (SSSR count). The molecule has 0 unspecified atom stereocenters. The molecule has 1 aliphatic rings. The van der Waals surface area contributed by atoms with E-state index in [1.54, 1.807) is 11.3 Å². The van der Waals surface area contributed by atoms with Crippen LogP contribution in [0, 0.1) is 0 Å². The minimum atomic E-state index is -0.0341. The van der Waals surface area contributed by atoms with Crippen molar-refractivity contribution in [1.29, 1.82) is 0 Å². The Morgan fingerprint density at radius 3 is 2.39 bits per heavy atom. The second-order valence-corrected chi connectivity index (χ2v) is 9.58. The summed E-state index contributed by atoms with van der Waals surface area (Å²) in [4.78, 5) is 7.81. The number of para-hydroxylation sites is 1. The highest BCUT2D eigenvalue weighted by molar-refractivity contribution is 7.16. The fraction of sp³-hybridized carbons (Fsp3) is 0.333. The number of anilines is 1. The van der Waals surface area contributed by atoms with Crippen LogP contribution >= 0.6 is 11.3 Å². The van der Waals surface area contributed by atoms with Gasteiger partial charge in [-0.1, -0.05) is 29.5 Å². The molecular formula is C27H32N5S+. The molecule has 33 heavy (non-hydrogen) atoms. The van der Waals surface area contributed by atoms with E-state index in [0.717, 1.165) is 30.2 Å². The number of rotatable bonds is 8. The van der Waals surface area contributed by atoms with Crippen LogP contribution in [0.15, 0.2) is 71.0 Å². The van der Waals surface area contributed by atoms with Crippen LogP contribution in [-0.4, -0.2) is 34.9 Å². The first-order valence-electron chi connectivity index (χ1n) is 11.6. The topological polar surface area (TPSA) is 43.9 Å². The minimum absolute atomic E-state index is 0.0341. The number of aromatic nitrogens is 1. The van der Waals surface area contributed by atoms with Gasteiger partial charge >= 0.3 is 0 Å². The number of nitrogens with zero attached hydrogens (tertiary/aromatic N) is 5. The van der Waals surface area contributed by atoms with E-state index >= 15 is 0 Å². The second kappa shape index (κ2) is 9.79. The molecule has 0 amide bonds. The van der Waals surface area contributed by atoms with Crippen LogP contribution in [0.5, 0.6) is 0 Å². The molecule has 0 fully saturated rings. The Morgan fingerprint density at radius 1 is 0.970 bits per heavy atom. The van der Waals surface area contributed by atoms with Crippen LogP contribution in [0.2, 0.25) is 0 Å². The molecule has 0 N–H and O–H groups in total. The maximum absolute atomic E-state index is 4.44. The van der Waals surface area contributed by atoms with Crippen molar-refractivity contribution in [1.82, 2.24) is 4.98 Å². The van der Waals surface area contributed by atoms with Crippen molar-refractivity contribution >= 4 is 45.3 Å². The van der Waals surface area contributed by atoms with E-state index in [-0.39, 0.29) is 5.41 Å². The van der Waals surface area contributed by atoms with E-state index in [9.17, 15) is 0 Å². The van der Waals surface area contributed by atoms with Crippen molar-refractivity contribution in [3.63, 3.8) is 0 Å². The van der Waals surface area contributed by atoms with Gasteiger partial charge in [-0.2, -0.15) is 4.58 Å². The molecule has 1 aliphatic heterocycles. The number of benzene rings is 2. The Labute approximate surface area is 200 Å². The van der Waals surface area contributed by atoms with Gasteiger partial charge in [-0.05, 0) is 65.0 Å². The van der Waals surface area contributed by atoms with Crippen LogP contribution in [0.3, 0.4) is 0 Å². The summed E-state index contributed by atoms with van der Waals surface area (Å²) in [7, 11) is 0. The summed E-state index contributed by atoms with van der Waals surface area (Å²) in [5.41, 5.74) is 5.98. The van der Waals surface area contributed by atoms with Crippen molar-refractivity contribution in [2.75, 3.05) is 24.5 Å². The van der Waals surface area contributed by atoms with Crippen LogP contribution in [0.1, 0.15) is 45.1 Å². The van der Waals surface area contributed by atoms with Gasteiger partial charge in [-0.15, -0.1) is 10.2 Å². The van der Waals surface area contributed by atoms with Gasteiger partial charge < -0.3 is 4.90 Å². The molecule has 0 atom stereocenters. The Bertz CT molecular complexity index is 1200. The van der Waals surface area contributed by atoms with Crippen LogP contribution in [0.4, 0.5) is 22.2 Å². The average molecular weight is 459 g/mol. The normalized spacial score (nSPS) is 15.1. The fourth-order valence-electron chi connectivity index (χ4n) is 4.46. The van der Waals surface area contributed by atoms with E-state index in [4.69, 9.17) is 0 Å². The lowest BCUT2D eigenvalue weighted by atomic mass is 9.81. The summed E-state index contributed by atoms with van der Waals surface area (Å²) in [6, 6.07) is 16.9. The Kier molecular flexibility index (Phi) is 6.84. The molecule has 2 heterocycles. The van der Waals surface area contributed by atoms with Gasteiger partial charge in [0.15, 0.2) is 5.71 Å². The van der Waals surface area contributed by atoms with Gasteiger partial charge in [-0.3, -0.25) is 0 Å². The molecule has 1 aromatic heterocycles. The molecule has 6 heteroatoms. The molecule has 2 aromatic carbocycles. The first-order valence-corrected chi connectivity index (χ1v) is 12.4. The average Bonchev–Trinajstić information content (AvgIpc) is 3.37. The van der Waals surface area contributed by atoms with Crippen LogP contribution < -0.4 is 4.90 Å². The molecule has 170 valence electrons. The molecule has 0 spiro atoms. The summed E-state index contributed by atoms with van der Waals surface area (Å²) < 4.78 is 2.40. The van der Waals surface area contributed by atoms with E-state index < -0.39 is 0 Å². The minimum Gasteiger partial charge on any atom is -0.372 e. The van der Waals surface area contributed by atoms with Gasteiger partial charge in [0.2, 0.25) is 10.8 Å². The second-order valence-electron chi connectivity index (χ2n) is 8.54. The molecule has 0 radical (unpaired) electrons. The summed E-state index contributed by atoms with van der Waals surface area (Å²) in [6.07, 6.45) is 6.23. The molecular weight excluding hydrogens is 426 g/mol. The molecule has 0 aliphatic carbocycles. The quantitative estimate of drug-likeness (QED) is 0.259. The number of allylic oxidation sites excluding steroid dienone is 1. The van der Waals surface area contributed by atoms with E-state index in [1.807, 2.05) is 18.3 Å². The lowest BCUT2D eigenvalue weighted by Crippen LogP contribution is -2.27. The van der Waals surface area contributed by atoms with Crippen LogP contribution in [0.25, 0.3) is 6.08 Å². The number of hydrogen-bond donors (Lipinski definition) is 0. The van der Waals surface area contributed by atoms with Crippen molar-refractivity contribution in [3.05, 3.63) is 71.2 Å². The largest absolute Gasteiger partial charge is 0.372 e. The third kappa shape index (κ3) is 4.67. The maximum Gasteiger partial charge on any atom is 0.230 e. The zero-order valence-electron chi connectivity index (χ0n) is 20.1. The lowest BCUT2D eigenvalue weighted by molar-refractivity contribution is -0.433. The predicted octanol–water partition coefficient (Wildman–Crippen LogP) is 7.51. The summed E-state index contributed by atoms with van der Waals surface area (Å²) in [5.74, 6) is 0. The van der Waals surface area contributed by atoms with Crippen molar-refractivity contribution < 1.29 is 4.58 Å². The third-order valence-corrected chi connectivity index (χ3v) is 7.11. The number of hydrogen-bond acceptors (Lipinski definition) is 5.